The Morgan fingerprint density at radius 3 is 2.26 bits per heavy atom. The first-order valence-electron chi connectivity index (χ1n) is 12.5. The Kier molecular flexibility index (Phi) is 16.4. The first-order valence-corrected chi connectivity index (χ1v) is 16.8. The van der Waals surface area contributed by atoms with Crippen LogP contribution >= 0.6 is 22.9 Å². The van der Waals surface area contributed by atoms with E-state index < -0.39 is 88.7 Å². The number of aromatic nitrogens is 1. The van der Waals surface area contributed by atoms with Crippen molar-refractivity contribution < 1.29 is 64.4 Å². The molecule has 0 radical (unpaired) electrons. The number of benzene rings is 1. The summed E-state index contributed by atoms with van der Waals surface area (Å²) in [6, 6.07) is 0.405. The van der Waals surface area contributed by atoms with Crippen molar-refractivity contribution in [3.63, 3.8) is 0 Å². The number of nitrogens with one attached hydrogen (secondary N) is 3. The van der Waals surface area contributed by atoms with E-state index in [1.165, 1.54) is 24.3 Å². The molecule has 4 amide bonds. The zero-order valence-corrected chi connectivity index (χ0v) is 27.3. The third kappa shape index (κ3) is 11.9. The molecule has 0 unspecified atom stereocenters. The number of β-lactam (4-membered cyclic amide) rings is 1. The fourth-order valence-electron chi connectivity index (χ4n) is 3.55. The monoisotopic (exact) mass is 803 g/mol. The van der Waals surface area contributed by atoms with Crippen LogP contribution in [0.2, 0.25) is 0 Å². The Morgan fingerprint density at radius 1 is 1.14 bits per heavy atom. The molecule has 2 heterocycles. The summed E-state index contributed by atoms with van der Waals surface area (Å²) in [7, 11) is -10.8. The number of hydrogen-bond donors (Lipinski definition) is 5. The van der Waals surface area contributed by atoms with E-state index in [-0.39, 0.29) is 82.2 Å². The number of ether oxygens (including phenoxy) is 1. The molecule has 1 fully saturated rings. The maximum atomic E-state index is 13.4. The summed E-state index contributed by atoms with van der Waals surface area (Å²) in [6.45, 7) is 1.95. The van der Waals surface area contributed by atoms with Gasteiger partial charge in [-0.2, -0.15) is 21.1 Å². The van der Waals surface area contributed by atoms with Gasteiger partial charge in [0.1, 0.15) is 24.2 Å². The number of nitro groups is 1. The van der Waals surface area contributed by atoms with Crippen molar-refractivity contribution >= 4 is 149 Å². The molecule has 0 bridgehead atoms. The van der Waals surface area contributed by atoms with Crippen LogP contribution < -0.4 is 15.4 Å². The molecule has 0 aliphatic carbocycles. The van der Waals surface area contributed by atoms with Crippen LogP contribution in [-0.4, -0.2) is 158 Å². The molecule has 50 heavy (non-hydrogen) atoms. The van der Waals surface area contributed by atoms with Crippen molar-refractivity contribution in [2.75, 3.05) is 11.2 Å². The molecule has 1 aromatic carbocycles. The SMILES string of the molecule is CC(C)(O/N=C(\C(=O)N[C@H]1C(=O)N(S(=O)(=O)O)[C@H]1C(=O)NS(=O)(=O)O)c1csc(NC(=O)CCl)n1)C(=O)OCc1ccc([N+](=O)[O-])cc1.[NaH].[NaH]. The number of rotatable bonds is 14. The normalized spacial score (nSPS) is 16.1. The van der Waals surface area contributed by atoms with Crippen LogP contribution in [0.15, 0.2) is 34.8 Å². The Balaban J connectivity index is 0.00000625. The standard InChI is InChI=1S/C22H22ClN7O15S3.2Na.2H/c1-22(2,20(35)44-8-10-3-5-11(6-4-10)30(36)37)45-27-14(12-9-46-21(24-12)25-13(31)7-23)17(32)26-15-16(18(33)28-47(38,39)40)29(19(15)34)48(41,42)43;;;;/h3-6,9,15-16H,7-8H2,1-2H3,(H,26,32)(H,28,33)(H,24,25,31)(H,38,39,40)(H,41,42,43);;;;/b27-14-;;;;/t15-,16-;;;;/m1..../s1. The summed E-state index contributed by atoms with van der Waals surface area (Å²) in [4.78, 5) is 82.1. The van der Waals surface area contributed by atoms with Crippen LogP contribution in [-0.2, 0) is 60.8 Å². The molecule has 3 rings (SSSR count). The first kappa shape index (κ1) is 45.2. The minimum absolute atomic E-state index is 0. The van der Waals surface area contributed by atoms with Gasteiger partial charge in [0.2, 0.25) is 11.5 Å². The number of alkyl halides is 1. The van der Waals surface area contributed by atoms with Gasteiger partial charge >= 0.3 is 85.7 Å². The number of nitrogens with zero attached hydrogens (tertiary/aromatic N) is 4. The number of nitro benzene ring substituents is 1. The van der Waals surface area contributed by atoms with E-state index in [4.69, 9.17) is 25.7 Å². The fraction of sp³-hybridized carbons (Fsp3) is 0.318. The van der Waals surface area contributed by atoms with Crippen LogP contribution in [0.5, 0.6) is 0 Å². The van der Waals surface area contributed by atoms with Gasteiger partial charge in [-0.3, -0.25) is 38.4 Å². The molecular weight excluding hydrogens is 780 g/mol. The zero-order valence-electron chi connectivity index (χ0n) is 24.0. The summed E-state index contributed by atoms with van der Waals surface area (Å²) in [5.41, 5.74) is -3.04. The fourth-order valence-corrected chi connectivity index (χ4v) is 5.54. The van der Waals surface area contributed by atoms with Crippen LogP contribution in [0.1, 0.15) is 25.1 Å². The van der Waals surface area contributed by atoms with Crippen LogP contribution in [0, 0.1) is 10.1 Å². The van der Waals surface area contributed by atoms with Gasteiger partial charge in [0.25, 0.3) is 23.4 Å². The van der Waals surface area contributed by atoms with Gasteiger partial charge in [-0.15, -0.1) is 22.9 Å². The molecule has 2 aromatic rings. The van der Waals surface area contributed by atoms with E-state index in [1.54, 1.807) is 0 Å². The Bertz CT molecular complexity index is 1910. The van der Waals surface area contributed by atoms with Crippen molar-refractivity contribution in [1.82, 2.24) is 19.3 Å². The number of esters is 1. The van der Waals surface area contributed by atoms with E-state index >= 15 is 0 Å². The molecule has 1 aliphatic heterocycles. The Labute approximate surface area is 335 Å². The van der Waals surface area contributed by atoms with Gasteiger partial charge in [0.05, 0.1) is 4.92 Å². The van der Waals surface area contributed by atoms with E-state index in [2.05, 4.69) is 15.5 Å². The Hall–Kier alpha value is -2.82. The first-order chi connectivity index (χ1) is 22.1. The molecule has 264 valence electrons. The summed E-state index contributed by atoms with van der Waals surface area (Å²) in [5.74, 6) is -7.15. The van der Waals surface area contributed by atoms with Gasteiger partial charge in [-0.25, -0.2) is 14.5 Å². The van der Waals surface area contributed by atoms with E-state index in [0.29, 0.717) is 5.56 Å². The number of carbonyl (C=O) groups is 5. The summed E-state index contributed by atoms with van der Waals surface area (Å²) >= 11 is 6.20. The third-order valence-electron chi connectivity index (χ3n) is 5.79. The second-order valence-electron chi connectivity index (χ2n) is 9.71. The van der Waals surface area contributed by atoms with Gasteiger partial charge in [0.15, 0.2) is 16.9 Å². The molecule has 1 saturated heterocycles. The maximum absolute atomic E-state index is 13.4. The molecule has 0 saturated carbocycles. The number of anilines is 1. The van der Waals surface area contributed by atoms with Crippen molar-refractivity contribution in [2.45, 2.75) is 38.1 Å². The molecular formula is C22H24ClN7Na2O15S3. The predicted molar refractivity (Wildman–Crippen MR) is 174 cm³/mol. The number of halogens is 1. The number of carbonyl (C=O) groups excluding carboxylic acids is 5. The summed E-state index contributed by atoms with van der Waals surface area (Å²) < 4.78 is 69.5. The number of oxime groups is 1. The number of amides is 4. The number of thiazole rings is 1. The van der Waals surface area contributed by atoms with Crippen LogP contribution in [0.25, 0.3) is 0 Å². The van der Waals surface area contributed by atoms with Gasteiger partial charge < -0.3 is 20.2 Å². The van der Waals surface area contributed by atoms with E-state index in [0.717, 1.165) is 35.3 Å². The van der Waals surface area contributed by atoms with Gasteiger partial charge in [-0.1, -0.05) is 5.16 Å². The molecule has 1 aliphatic rings. The van der Waals surface area contributed by atoms with Gasteiger partial charge in [0, 0.05) is 17.5 Å². The van der Waals surface area contributed by atoms with Crippen LogP contribution in [0.3, 0.4) is 0 Å². The zero-order chi connectivity index (χ0) is 36.2. The quantitative estimate of drug-likeness (QED) is 0.0194. The second-order valence-corrected chi connectivity index (χ2v) is 13.3. The van der Waals surface area contributed by atoms with E-state index in [9.17, 15) is 55.5 Å². The van der Waals surface area contributed by atoms with Crippen molar-refractivity contribution in [1.29, 1.82) is 0 Å². The van der Waals surface area contributed by atoms with Crippen molar-refractivity contribution in [3.05, 3.63) is 51.0 Å². The predicted octanol–water partition coefficient (Wildman–Crippen LogP) is -2.41. The summed E-state index contributed by atoms with van der Waals surface area (Å²) in [6.07, 6.45) is 0. The van der Waals surface area contributed by atoms with Crippen molar-refractivity contribution in [2.24, 2.45) is 5.16 Å². The molecule has 5 N–H and O–H groups in total. The van der Waals surface area contributed by atoms with Crippen molar-refractivity contribution in [3.8, 4) is 0 Å². The Morgan fingerprint density at radius 2 is 1.74 bits per heavy atom. The third-order valence-corrected chi connectivity index (χ3v) is 8.15. The molecule has 22 nitrogen and oxygen atoms in total. The average Bonchev–Trinajstić information content (AvgIpc) is 3.43. The molecule has 2 atom stereocenters. The van der Waals surface area contributed by atoms with Crippen LogP contribution in [0.4, 0.5) is 10.8 Å². The molecule has 1 aromatic heterocycles. The summed E-state index contributed by atoms with van der Waals surface area (Å²) in [5, 5.41) is 19.7. The topological polar surface area (TPSA) is 320 Å². The number of non-ortho nitro benzene ring substituents is 1. The average molecular weight is 804 g/mol. The van der Waals surface area contributed by atoms with E-state index in [1.807, 2.05) is 5.32 Å². The van der Waals surface area contributed by atoms with Gasteiger partial charge in [-0.05, 0) is 31.5 Å². The molecule has 0 spiro atoms. The molecule has 28 heteroatoms. The second kappa shape index (κ2) is 18.1. The number of hydrogen-bond acceptors (Lipinski definition) is 16. The minimum atomic E-state index is -5.49.